The van der Waals surface area contributed by atoms with Crippen molar-refractivity contribution in [2.45, 2.75) is 41.9 Å². The molecular weight excluding hydrogens is 922 g/mol. The van der Waals surface area contributed by atoms with E-state index < -0.39 is 116 Å². The molecule has 0 saturated carbocycles. The molecular formula is C35H34FN7O12S6. The van der Waals surface area contributed by atoms with E-state index in [9.17, 15) is 57.9 Å². The quantitative estimate of drug-likeness (QED) is 0.122. The Balaban J connectivity index is 1.22. The first-order valence-corrected chi connectivity index (χ1v) is 26.0. The number of carbonyl (C=O) groups is 2. The number of sulfonamides is 4. The largest absolute Gasteiger partial charge is 0.511 e. The van der Waals surface area contributed by atoms with Gasteiger partial charge in [0.15, 0.2) is 17.7 Å². The van der Waals surface area contributed by atoms with Crippen LogP contribution in [-0.2, 0) is 75.7 Å². The number of nitrogens with one attached hydrogen (secondary N) is 3. The van der Waals surface area contributed by atoms with Crippen molar-refractivity contribution in [3.8, 4) is 0 Å². The smallest absolute Gasteiger partial charge is 0.329 e. The molecule has 26 heteroatoms. The number of benzene rings is 2. The topological polar surface area (TPSA) is 278 Å². The molecule has 2 atom stereocenters. The van der Waals surface area contributed by atoms with Crippen molar-refractivity contribution in [3.05, 3.63) is 105 Å². The molecule has 19 nitrogen and oxygen atoms in total. The van der Waals surface area contributed by atoms with Crippen molar-refractivity contribution in [2.75, 3.05) is 29.7 Å². The second kappa shape index (κ2) is 16.3. The maximum atomic E-state index is 14.1. The number of carboxylic acid groups (broad SMARTS) is 1. The van der Waals surface area contributed by atoms with E-state index in [-0.39, 0.29) is 40.6 Å². The Labute approximate surface area is 357 Å². The summed E-state index contributed by atoms with van der Waals surface area (Å²) in [5.41, 5.74) is 0.616. The summed E-state index contributed by atoms with van der Waals surface area (Å²) in [6, 6.07) is 12.1. The molecule has 5 heterocycles. The number of aliphatic carboxylic acids is 1. The van der Waals surface area contributed by atoms with Crippen LogP contribution in [0.1, 0.15) is 22.3 Å². The first-order valence-electron chi connectivity index (χ1n) is 17.6. The molecule has 0 saturated heterocycles. The second-order valence-electron chi connectivity index (χ2n) is 14.1. The van der Waals surface area contributed by atoms with Gasteiger partial charge in [0.25, 0.3) is 26.0 Å². The monoisotopic (exact) mass is 955 g/mol. The maximum absolute atomic E-state index is 14.1. The molecule has 324 valence electrons. The zero-order valence-electron chi connectivity index (χ0n) is 31.6. The molecule has 0 fully saturated rings. The average molecular weight is 956 g/mol. The van der Waals surface area contributed by atoms with E-state index in [1.165, 1.54) is 39.9 Å². The van der Waals surface area contributed by atoms with Crippen LogP contribution in [0.25, 0.3) is 0 Å². The lowest BCUT2D eigenvalue weighted by atomic mass is 9.89. The van der Waals surface area contributed by atoms with Gasteiger partial charge in [-0.3, -0.25) is 4.79 Å². The minimum atomic E-state index is -4.85. The van der Waals surface area contributed by atoms with Crippen molar-refractivity contribution >= 4 is 96.3 Å². The number of amides is 1. The standard InChI is InChI=1S/C35H34FN7O12S6/c1-58(48,49)37-13-22-17-56-32-28(22)60(52,53)41-31(39-32)26(35(46)47)43(59(2,50)51)16-23-18-57-33-29(23)61(54,55)40-30(38-33)25-27(44)21(12-19-6-4-3-5-7-19)15-42(34(25)45)14-20-8-10-24(36)11-9-20/h3-11,17-18,21,26,37,44H,12-16H2,1-2H3,(H,38,40)(H,39,41)(H,46,47). The zero-order valence-corrected chi connectivity index (χ0v) is 36.5. The number of aliphatic hydroxyl groups is 1. The zero-order chi connectivity index (χ0) is 44.2. The number of thiophene rings is 2. The summed E-state index contributed by atoms with van der Waals surface area (Å²) < 4.78 is 128. The highest BCUT2D eigenvalue weighted by molar-refractivity contribution is 7.91. The Bertz CT molecular complexity index is 3000. The number of hydrogen-bond acceptors (Lipinski definition) is 15. The van der Waals surface area contributed by atoms with Gasteiger partial charge >= 0.3 is 5.97 Å². The number of carbonyl (C=O) groups excluding carboxylic acids is 1. The number of halogens is 1. The van der Waals surface area contributed by atoms with Crippen LogP contribution in [0.15, 0.2) is 95.3 Å². The van der Waals surface area contributed by atoms with Gasteiger partial charge in [0.1, 0.15) is 36.9 Å². The van der Waals surface area contributed by atoms with E-state index >= 15 is 0 Å². The lowest BCUT2D eigenvalue weighted by Gasteiger charge is -2.35. The van der Waals surface area contributed by atoms with Gasteiger partial charge in [0, 0.05) is 43.2 Å². The highest BCUT2D eigenvalue weighted by Gasteiger charge is 2.44. The Morgan fingerprint density at radius 1 is 0.934 bits per heavy atom. The van der Waals surface area contributed by atoms with Crippen LogP contribution in [0.5, 0.6) is 0 Å². The van der Waals surface area contributed by atoms with Crippen molar-refractivity contribution in [1.29, 1.82) is 0 Å². The number of carboxylic acids is 1. The van der Waals surface area contributed by atoms with Gasteiger partial charge in [0.05, 0.1) is 12.5 Å². The number of nitrogens with zero attached hydrogens (tertiary/aromatic N) is 4. The van der Waals surface area contributed by atoms with Crippen molar-refractivity contribution in [1.82, 2.24) is 13.9 Å². The molecule has 3 aliphatic rings. The molecule has 0 bridgehead atoms. The van der Waals surface area contributed by atoms with Crippen LogP contribution in [-0.4, -0.2) is 102 Å². The van der Waals surface area contributed by atoms with E-state index in [1.807, 2.05) is 12.1 Å². The maximum Gasteiger partial charge on any atom is 0.329 e. The number of anilines is 2. The predicted molar refractivity (Wildman–Crippen MR) is 224 cm³/mol. The molecule has 0 aliphatic carbocycles. The Kier molecular flexibility index (Phi) is 11.8. The fourth-order valence-corrected chi connectivity index (χ4v) is 13.5. The van der Waals surface area contributed by atoms with Crippen LogP contribution < -0.4 is 15.4 Å². The highest BCUT2D eigenvalue weighted by Crippen LogP contribution is 2.41. The molecule has 4 aromatic rings. The van der Waals surface area contributed by atoms with Gasteiger partial charge in [-0.1, -0.05) is 42.5 Å². The summed E-state index contributed by atoms with van der Waals surface area (Å²) in [7, 11) is -18.0. The van der Waals surface area contributed by atoms with Crippen LogP contribution in [0.4, 0.5) is 14.4 Å². The third-order valence-electron chi connectivity index (χ3n) is 9.54. The van der Waals surface area contributed by atoms with Crippen LogP contribution in [0.2, 0.25) is 0 Å². The third kappa shape index (κ3) is 9.25. The molecule has 0 spiro atoms. The number of aliphatic hydroxyl groups excluding tert-OH is 1. The number of amidine groups is 2. The lowest BCUT2D eigenvalue weighted by Crippen LogP contribution is -2.52. The molecule has 2 aromatic carbocycles. The van der Waals surface area contributed by atoms with E-state index in [0.717, 1.165) is 34.5 Å². The second-order valence-corrected chi connectivity index (χ2v) is 22.7. The minimum absolute atomic E-state index is 0.0116. The molecule has 61 heavy (non-hydrogen) atoms. The number of hydrogen-bond donors (Lipinski definition) is 5. The van der Waals surface area contributed by atoms with Gasteiger partial charge in [-0.25, -0.2) is 30.7 Å². The Morgan fingerprint density at radius 3 is 2.16 bits per heavy atom. The first kappa shape index (κ1) is 44.0. The van der Waals surface area contributed by atoms with E-state index in [1.54, 1.807) is 18.2 Å². The average Bonchev–Trinajstić information content (AvgIpc) is 3.78. The van der Waals surface area contributed by atoms with E-state index in [2.05, 4.69) is 24.2 Å². The van der Waals surface area contributed by atoms with Crippen LogP contribution in [0.3, 0.4) is 0 Å². The summed E-state index contributed by atoms with van der Waals surface area (Å²) in [6.07, 6.45) is 1.72. The summed E-state index contributed by atoms with van der Waals surface area (Å²) in [4.78, 5) is 27.3. The van der Waals surface area contributed by atoms with Gasteiger partial charge < -0.3 is 25.7 Å². The summed E-state index contributed by atoms with van der Waals surface area (Å²) in [6.45, 7) is -1.42. The molecule has 3 aliphatic heterocycles. The fraction of sp³-hybridized carbons (Fsp3) is 0.257. The molecule has 2 unspecified atom stereocenters. The van der Waals surface area contributed by atoms with E-state index in [0.29, 0.717) is 16.1 Å². The normalized spacial score (nSPS) is 19.0. The Hall–Kier alpha value is -5.09. The summed E-state index contributed by atoms with van der Waals surface area (Å²) in [5, 5.41) is 29.5. The Morgan fingerprint density at radius 2 is 1.54 bits per heavy atom. The number of rotatable bonds is 14. The molecule has 0 radical (unpaired) electrons. The highest BCUT2D eigenvalue weighted by atomic mass is 32.2. The van der Waals surface area contributed by atoms with Gasteiger partial charge in [-0.15, -0.1) is 31.5 Å². The minimum Gasteiger partial charge on any atom is -0.511 e. The predicted octanol–water partition coefficient (Wildman–Crippen LogP) is 2.65. The van der Waals surface area contributed by atoms with Gasteiger partial charge in [-0.2, -0.15) is 21.1 Å². The van der Waals surface area contributed by atoms with E-state index in [4.69, 9.17) is 0 Å². The number of fused-ring (bicyclic) bond motifs is 2. The molecule has 1 amide bonds. The summed E-state index contributed by atoms with van der Waals surface area (Å²) in [5.74, 6) is -5.73. The van der Waals surface area contributed by atoms with Gasteiger partial charge in [-0.05, 0) is 40.4 Å². The fourth-order valence-electron chi connectivity index (χ4n) is 6.86. The molecule has 5 N–H and O–H groups in total. The van der Waals surface area contributed by atoms with Crippen LogP contribution >= 0.6 is 22.7 Å². The molecule has 7 rings (SSSR count). The lowest BCUT2D eigenvalue weighted by molar-refractivity contribution is -0.139. The third-order valence-corrected chi connectivity index (χ3v) is 16.4. The summed E-state index contributed by atoms with van der Waals surface area (Å²) >= 11 is 1.51. The van der Waals surface area contributed by atoms with Crippen molar-refractivity contribution in [3.63, 3.8) is 0 Å². The molecule has 2 aromatic heterocycles. The van der Waals surface area contributed by atoms with Crippen molar-refractivity contribution in [2.24, 2.45) is 14.7 Å². The van der Waals surface area contributed by atoms with Crippen LogP contribution in [0, 0.1) is 11.7 Å². The van der Waals surface area contributed by atoms with Crippen molar-refractivity contribution < 1.29 is 57.9 Å². The van der Waals surface area contributed by atoms with Gasteiger partial charge in [0.2, 0.25) is 20.0 Å². The SMILES string of the molecule is CS(=O)(=O)NCc1csc2c1S(=O)(=O)N=C(C(C(=O)O)N(Cc1csc3c1S(=O)(=O)N=C(C1=C(O)C(Cc4ccccc4)CN(Cc4ccc(F)cc4)C1=O)N3)S(C)(=O)=O)N2. The first-order chi connectivity index (χ1) is 28.5.